The number of ether oxygens (including phenoxy) is 2. The second kappa shape index (κ2) is 13.9. The molecule has 1 N–H and O–H groups in total. The van der Waals surface area contributed by atoms with Crippen LogP contribution < -0.4 is 0 Å². The largest absolute Gasteiger partial charge is 0.465 e. The Morgan fingerprint density at radius 3 is 2.56 bits per heavy atom. The third kappa shape index (κ3) is 6.12. The van der Waals surface area contributed by atoms with Gasteiger partial charge in [0.2, 0.25) is 11.8 Å². The molecule has 3 heterocycles. The zero-order valence-corrected chi connectivity index (χ0v) is 24.4. The molecule has 0 aromatic heterocycles. The highest BCUT2D eigenvalue weighted by Gasteiger charge is 2.80. The molecule has 3 saturated heterocycles. The summed E-state index contributed by atoms with van der Waals surface area (Å²) in [5, 5.41) is 9.14. The minimum absolute atomic E-state index is 0.0110. The average molecular weight is 547 g/mol. The van der Waals surface area contributed by atoms with Gasteiger partial charge in [-0.15, -0.1) is 13.2 Å². The van der Waals surface area contributed by atoms with Crippen LogP contribution in [0.3, 0.4) is 0 Å². The van der Waals surface area contributed by atoms with E-state index >= 15 is 0 Å². The number of unbranched alkanes of at least 4 members (excludes halogenated alkanes) is 6. The highest BCUT2D eigenvalue weighted by molar-refractivity contribution is 5.98. The van der Waals surface area contributed by atoms with Gasteiger partial charge in [-0.2, -0.15) is 0 Å². The Morgan fingerprint density at radius 2 is 1.90 bits per heavy atom. The van der Waals surface area contributed by atoms with Gasteiger partial charge in [0.05, 0.1) is 18.1 Å². The van der Waals surface area contributed by atoms with Crippen molar-refractivity contribution in [1.29, 1.82) is 0 Å². The predicted octanol–water partition coefficient (Wildman–Crippen LogP) is 4.26. The van der Waals surface area contributed by atoms with Crippen LogP contribution in [-0.4, -0.2) is 82.8 Å². The van der Waals surface area contributed by atoms with E-state index in [1.165, 1.54) is 0 Å². The molecule has 0 saturated carbocycles. The van der Waals surface area contributed by atoms with Crippen molar-refractivity contribution >= 4 is 17.8 Å². The standard InChI is InChI=1S/C31H50N2O6/c1-6-9-11-16-21-38-29(37)25-24-27(35)33(19-14-12-13-15-20-34)26(28(36)32(17-8-3)18-10-7-2)31(24)22-23(4)30(25,5)39-31/h6,8,23-26,34H,1,3,7,9-22H2,2,4-5H3/t23?,24-,25+,26?,30-,31?/m0/s1. The van der Waals surface area contributed by atoms with Gasteiger partial charge in [-0.05, 0) is 57.8 Å². The number of carbonyl (C=O) groups is 3. The second-order valence-corrected chi connectivity index (χ2v) is 11.8. The van der Waals surface area contributed by atoms with Crippen molar-refractivity contribution in [1.82, 2.24) is 9.80 Å². The number of allylic oxidation sites excluding steroid dienone is 1. The van der Waals surface area contributed by atoms with Gasteiger partial charge in [0.1, 0.15) is 17.6 Å². The van der Waals surface area contributed by atoms with Crippen LogP contribution in [-0.2, 0) is 23.9 Å². The Bertz CT molecular complexity index is 892. The Labute approximate surface area is 234 Å². The first-order valence-corrected chi connectivity index (χ1v) is 15.0. The van der Waals surface area contributed by atoms with E-state index in [1.807, 2.05) is 13.0 Å². The molecule has 220 valence electrons. The number of rotatable bonds is 18. The molecule has 3 rings (SSSR count). The molecule has 39 heavy (non-hydrogen) atoms. The van der Waals surface area contributed by atoms with E-state index in [0.29, 0.717) is 39.1 Å². The number of fused-ring (bicyclic) bond motifs is 1. The predicted molar refractivity (Wildman–Crippen MR) is 151 cm³/mol. The summed E-state index contributed by atoms with van der Waals surface area (Å²) >= 11 is 0. The van der Waals surface area contributed by atoms with Crippen LogP contribution in [0.25, 0.3) is 0 Å². The van der Waals surface area contributed by atoms with Crippen LogP contribution in [0.2, 0.25) is 0 Å². The minimum atomic E-state index is -1.05. The third-order valence-electron chi connectivity index (χ3n) is 9.10. The van der Waals surface area contributed by atoms with Gasteiger partial charge >= 0.3 is 5.97 Å². The first-order chi connectivity index (χ1) is 18.7. The molecule has 3 unspecified atom stereocenters. The van der Waals surface area contributed by atoms with Crippen LogP contribution in [0.15, 0.2) is 25.3 Å². The van der Waals surface area contributed by atoms with Gasteiger partial charge in [-0.3, -0.25) is 14.4 Å². The van der Waals surface area contributed by atoms with E-state index in [-0.39, 0.29) is 24.3 Å². The molecular formula is C31H50N2O6. The molecule has 3 aliphatic heterocycles. The number of carbonyl (C=O) groups excluding carboxylic acids is 3. The molecule has 8 nitrogen and oxygen atoms in total. The van der Waals surface area contributed by atoms with Crippen molar-refractivity contribution in [3.8, 4) is 0 Å². The molecule has 3 fully saturated rings. The highest BCUT2D eigenvalue weighted by atomic mass is 16.6. The van der Waals surface area contributed by atoms with E-state index in [1.54, 1.807) is 15.9 Å². The van der Waals surface area contributed by atoms with Crippen molar-refractivity contribution in [2.24, 2.45) is 17.8 Å². The van der Waals surface area contributed by atoms with Crippen molar-refractivity contribution in [2.45, 2.75) is 102 Å². The number of esters is 1. The summed E-state index contributed by atoms with van der Waals surface area (Å²) in [5.41, 5.74) is -1.91. The van der Waals surface area contributed by atoms with Gasteiger partial charge in [-0.1, -0.05) is 45.3 Å². The van der Waals surface area contributed by atoms with Crippen molar-refractivity contribution in [3.63, 3.8) is 0 Å². The first kappa shape index (κ1) is 31.3. The fraction of sp³-hybridized carbons (Fsp3) is 0.774. The topological polar surface area (TPSA) is 96.4 Å². The number of aliphatic hydroxyl groups excluding tert-OH is 1. The van der Waals surface area contributed by atoms with Gasteiger partial charge in [0, 0.05) is 26.2 Å². The Morgan fingerprint density at radius 1 is 1.15 bits per heavy atom. The lowest BCUT2D eigenvalue weighted by Crippen LogP contribution is -2.56. The monoisotopic (exact) mass is 546 g/mol. The van der Waals surface area contributed by atoms with Crippen molar-refractivity contribution in [2.75, 3.05) is 32.8 Å². The van der Waals surface area contributed by atoms with Crippen LogP contribution in [0, 0.1) is 17.8 Å². The van der Waals surface area contributed by atoms with Gasteiger partial charge in [0.15, 0.2) is 0 Å². The fourth-order valence-corrected chi connectivity index (χ4v) is 6.99. The highest BCUT2D eigenvalue weighted by Crippen LogP contribution is 2.65. The van der Waals surface area contributed by atoms with Crippen LogP contribution in [0.1, 0.15) is 85.0 Å². The normalized spacial score (nSPS) is 30.9. The third-order valence-corrected chi connectivity index (χ3v) is 9.10. The van der Waals surface area contributed by atoms with Crippen LogP contribution >= 0.6 is 0 Å². The molecule has 3 aliphatic rings. The zero-order chi connectivity index (χ0) is 28.6. The Hall–Kier alpha value is -2.19. The van der Waals surface area contributed by atoms with Crippen LogP contribution in [0.4, 0.5) is 0 Å². The zero-order valence-electron chi connectivity index (χ0n) is 24.4. The van der Waals surface area contributed by atoms with Crippen molar-refractivity contribution in [3.05, 3.63) is 25.3 Å². The molecule has 2 bridgehead atoms. The van der Waals surface area contributed by atoms with Crippen molar-refractivity contribution < 1.29 is 29.0 Å². The number of aliphatic hydroxyl groups is 1. The lowest BCUT2D eigenvalue weighted by Gasteiger charge is -2.37. The van der Waals surface area contributed by atoms with Gasteiger partial charge in [-0.25, -0.2) is 0 Å². The van der Waals surface area contributed by atoms with E-state index in [2.05, 4.69) is 27.0 Å². The Balaban J connectivity index is 1.93. The molecule has 8 heteroatoms. The number of amides is 2. The SMILES string of the molecule is C=CCCCCOC(=O)[C@H]1[C@H]2C(=O)N(CCCCCCO)C(C(=O)N(CC=C)CCCC)C23CC(C)[C@]1(C)O3. The lowest BCUT2D eigenvalue weighted by atomic mass is 9.62. The number of nitrogens with zero attached hydrogens (tertiary/aromatic N) is 2. The molecule has 0 aromatic carbocycles. The number of hydrogen-bond acceptors (Lipinski definition) is 6. The summed E-state index contributed by atoms with van der Waals surface area (Å²) in [7, 11) is 0. The minimum Gasteiger partial charge on any atom is -0.465 e. The van der Waals surface area contributed by atoms with Crippen LogP contribution in [0.5, 0.6) is 0 Å². The summed E-state index contributed by atoms with van der Waals surface area (Å²) in [6.45, 7) is 15.5. The summed E-state index contributed by atoms with van der Waals surface area (Å²) < 4.78 is 12.5. The molecule has 2 amide bonds. The molecular weight excluding hydrogens is 496 g/mol. The van der Waals surface area contributed by atoms with Gasteiger partial charge < -0.3 is 24.4 Å². The van der Waals surface area contributed by atoms with E-state index in [4.69, 9.17) is 14.6 Å². The second-order valence-electron chi connectivity index (χ2n) is 11.8. The summed E-state index contributed by atoms with van der Waals surface area (Å²) in [6.07, 6.45) is 11.5. The maximum atomic E-state index is 14.3. The summed E-state index contributed by atoms with van der Waals surface area (Å²) in [5.74, 6) is -2.18. The molecule has 0 aromatic rings. The molecule has 1 spiro atoms. The molecule has 0 radical (unpaired) electrons. The first-order valence-electron chi connectivity index (χ1n) is 15.0. The number of hydrogen-bond donors (Lipinski definition) is 1. The smallest absolute Gasteiger partial charge is 0.312 e. The maximum Gasteiger partial charge on any atom is 0.312 e. The summed E-state index contributed by atoms with van der Waals surface area (Å²) in [4.78, 5) is 45.5. The summed E-state index contributed by atoms with van der Waals surface area (Å²) in [6, 6.07) is -0.778. The molecule has 6 atom stereocenters. The van der Waals surface area contributed by atoms with E-state index in [9.17, 15) is 14.4 Å². The number of likely N-dealkylation sites (tertiary alicyclic amines) is 1. The molecule has 0 aliphatic carbocycles. The average Bonchev–Trinajstić information content (AvgIpc) is 3.42. The fourth-order valence-electron chi connectivity index (χ4n) is 6.99. The van der Waals surface area contributed by atoms with Gasteiger partial charge in [0.25, 0.3) is 0 Å². The van der Waals surface area contributed by atoms with E-state index < -0.39 is 35.0 Å². The maximum absolute atomic E-state index is 14.3. The quantitative estimate of drug-likeness (QED) is 0.157. The Kier molecular flexibility index (Phi) is 11.2. The van der Waals surface area contributed by atoms with E-state index in [0.717, 1.165) is 51.4 Å². The lowest BCUT2D eigenvalue weighted by molar-refractivity contribution is -0.162.